The number of hydrogen-bond acceptors (Lipinski definition) is 6. The highest BCUT2D eigenvalue weighted by Crippen LogP contribution is 2.58. The number of carboxylic acid groups (broad SMARTS) is 1. The molecule has 0 heterocycles. The fourth-order valence-electron chi connectivity index (χ4n) is 6.83. The smallest absolute Gasteiger partial charge is 0.306 e. The first-order chi connectivity index (χ1) is 17.8. The lowest BCUT2D eigenvalue weighted by atomic mass is 9.62. The summed E-state index contributed by atoms with van der Waals surface area (Å²) in [6.07, 6.45) is 10.5. The molecule has 0 unspecified atom stereocenters. The van der Waals surface area contributed by atoms with Crippen LogP contribution in [0, 0.1) is 17.3 Å². The van der Waals surface area contributed by atoms with Gasteiger partial charge in [0.1, 0.15) is 6.10 Å². The summed E-state index contributed by atoms with van der Waals surface area (Å²) in [5.41, 5.74) is 2.48. The van der Waals surface area contributed by atoms with E-state index in [9.17, 15) is 19.8 Å². The molecular weight excluding hydrogens is 484 g/mol. The molecule has 3 fully saturated rings. The van der Waals surface area contributed by atoms with Crippen molar-refractivity contribution in [2.75, 3.05) is 6.61 Å². The Morgan fingerprint density at radius 1 is 1.24 bits per heavy atom. The normalized spacial score (nSPS) is 32.8. The van der Waals surface area contributed by atoms with Crippen LogP contribution in [-0.4, -0.2) is 57.8 Å². The van der Waals surface area contributed by atoms with Gasteiger partial charge < -0.3 is 24.8 Å². The molecule has 3 rings (SSSR count). The first kappa shape index (κ1) is 30.6. The molecule has 0 aromatic rings. The Morgan fingerprint density at radius 3 is 2.66 bits per heavy atom. The van der Waals surface area contributed by atoms with E-state index >= 15 is 0 Å². The number of fused-ring (bicyclic) bond motifs is 1. The van der Waals surface area contributed by atoms with E-state index in [2.05, 4.69) is 32.6 Å². The zero-order valence-corrected chi connectivity index (χ0v) is 23.7. The standard InChI is InChI=1S/C31H48O7/c1-20-23(18-24(19-27(20)32)38-29(35)10-6-9-28(33)34)12-11-22-8-7-15-31(5)25(13-14-26(22)31)21(2)37-17-16-30(3,4)36/h11-12,21,24-27,32,36H,1,6-10,13-19H2,2-5H3,(H,33,34)/b22-11+,23-12+/t21-,24+,25+,26-,27-,31+/m0/s1. The molecule has 0 aromatic heterocycles. The minimum absolute atomic E-state index is 0.0598. The summed E-state index contributed by atoms with van der Waals surface area (Å²) in [5.74, 6) is -0.390. The molecule has 3 saturated carbocycles. The van der Waals surface area contributed by atoms with E-state index in [1.165, 1.54) is 12.0 Å². The summed E-state index contributed by atoms with van der Waals surface area (Å²) >= 11 is 0. The van der Waals surface area contributed by atoms with Crippen LogP contribution in [0.4, 0.5) is 0 Å². The van der Waals surface area contributed by atoms with E-state index in [0.717, 1.165) is 31.3 Å². The Balaban J connectivity index is 1.65. The number of aliphatic hydroxyl groups is 2. The second kappa shape index (κ2) is 12.9. The summed E-state index contributed by atoms with van der Waals surface area (Å²) in [6, 6.07) is 0. The summed E-state index contributed by atoms with van der Waals surface area (Å²) in [7, 11) is 0. The van der Waals surface area contributed by atoms with E-state index in [4.69, 9.17) is 14.6 Å². The lowest BCUT2D eigenvalue weighted by molar-refractivity contribution is -0.150. The third-order valence-electron chi connectivity index (χ3n) is 9.02. The Bertz CT molecular complexity index is 927. The van der Waals surface area contributed by atoms with E-state index < -0.39 is 29.7 Å². The Hall–Kier alpha value is -1.96. The summed E-state index contributed by atoms with van der Waals surface area (Å²) < 4.78 is 11.8. The van der Waals surface area contributed by atoms with Crippen LogP contribution in [0.1, 0.15) is 98.3 Å². The van der Waals surface area contributed by atoms with Gasteiger partial charge in [0.25, 0.3) is 0 Å². The average molecular weight is 533 g/mol. The molecule has 3 aliphatic carbocycles. The summed E-state index contributed by atoms with van der Waals surface area (Å²) in [4.78, 5) is 22.9. The molecule has 0 spiro atoms. The zero-order valence-electron chi connectivity index (χ0n) is 23.7. The highest BCUT2D eigenvalue weighted by Gasteiger charge is 2.51. The van der Waals surface area contributed by atoms with Crippen LogP contribution < -0.4 is 0 Å². The molecule has 0 radical (unpaired) electrons. The van der Waals surface area contributed by atoms with Gasteiger partial charge in [-0.15, -0.1) is 0 Å². The highest BCUT2D eigenvalue weighted by molar-refractivity contribution is 5.71. The van der Waals surface area contributed by atoms with Crippen molar-refractivity contribution in [2.24, 2.45) is 17.3 Å². The van der Waals surface area contributed by atoms with Crippen LogP contribution in [-0.2, 0) is 19.1 Å². The van der Waals surface area contributed by atoms with Crippen molar-refractivity contribution in [1.29, 1.82) is 0 Å². The van der Waals surface area contributed by atoms with Gasteiger partial charge in [-0.2, -0.15) is 0 Å². The van der Waals surface area contributed by atoms with Gasteiger partial charge >= 0.3 is 11.9 Å². The fraction of sp³-hybridized carbons (Fsp3) is 0.742. The number of carbonyl (C=O) groups excluding carboxylic acids is 1. The largest absolute Gasteiger partial charge is 0.481 e. The molecular formula is C31H48O7. The number of hydrogen-bond donors (Lipinski definition) is 3. The van der Waals surface area contributed by atoms with Crippen molar-refractivity contribution >= 4 is 11.9 Å². The van der Waals surface area contributed by atoms with Crippen LogP contribution in [0.5, 0.6) is 0 Å². The summed E-state index contributed by atoms with van der Waals surface area (Å²) in [6.45, 7) is 12.9. The first-order valence-electron chi connectivity index (χ1n) is 14.3. The number of carbonyl (C=O) groups is 2. The molecule has 0 bridgehead atoms. The molecule has 7 heteroatoms. The third-order valence-corrected chi connectivity index (χ3v) is 9.02. The van der Waals surface area contributed by atoms with E-state index in [-0.39, 0.29) is 30.8 Å². The number of aliphatic carboxylic acids is 1. The molecule has 7 nitrogen and oxygen atoms in total. The Kier molecular flexibility index (Phi) is 10.4. The molecule has 214 valence electrons. The highest BCUT2D eigenvalue weighted by atomic mass is 16.5. The van der Waals surface area contributed by atoms with E-state index in [1.54, 1.807) is 0 Å². The topological polar surface area (TPSA) is 113 Å². The molecule has 0 aromatic carbocycles. The van der Waals surface area contributed by atoms with Gasteiger partial charge in [0.05, 0.1) is 17.8 Å². The number of esters is 1. The van der Waals surface area contributed by atoms with Crippen molar-refractivity contribution in [1.82, 2.24) is 0 Å². The van der Waals surface area contributed by atoms with Gasteiger partial charge in [0.2, 0.25) is 0 Å². The van der Waals surface area contributed by atoms with Crippen LogP contribution in [0.2, 0.25) is 0 Å². The fourth-order valence-corrected chi connectivity index (χ4v) is 6.83. The van der Waals surface area contributed by atoms with Gasteiger partial charge in [-0.25, -0.2) is 0 Å². The first-order valence-corrected chi connectivity index (χ1v) is 14.3. The molecule has 0 saturated heterocycles. The van der Waals surface area contributed by atoms with Gasteiger partial charge in [0.15, 0.2) is 0 Å². The second-order valence-corrected chi connectivity index (χ2v) is 12.5. The Labute approximate surface area is 228 Å². The van der Waals surface area contributed by atoms with Crippen molar-refractivity contribution in [3.63, 3.8) is 0 Å². The van der Waals surface area contributed by atoms with E-state index in [0.29, 0.717) is 43.3 Å². The van der Waals surface area contributed by atoms with Crippen LogP contribution in [0.3, 0.4) is 0 Å². The van der Waals surface area contributed by atoms with Crippen molar-refractivity contribution in [2.45, 2.75) is 122 Å². The van der Waals surface area contributed by atoms with E-state index in [1.807, 2.05) is 13.8 Å². The van der Waals surface area contributed by atoms with Gasteiger partial charge in [0, 0.05) is 32.3 Å². The number of carboxylic acids is 1. The lowest BCUT2D eigenvalue weighted by Gasteiger charge is -2.44. The molecule has 38 heavy (non-hydrogen) atoms. The quantitative estimate of drug-likeness (QED) is 0.301. The minimum Gasteiger partial charge on any atom is -0.481 e. The number of rotatable bonds is 11. The average Bonchev–Trinajstić information content (AvgIpc) is 3.16. The predicted octanol–water partition coefficient (Wildman–Crippen LogP) is 5.50. The number of allylic oxidation sites excluding steroid dienone is 3. The van der Waals surface area contributed by atoms with Gasteiger partial charge in [-0.05, 0) is 94.1 Å². The van der Waals surface area contributed by atoms with Crippen LogP contribution in [0.15, 0.2) is 35.5 Å². The zero-order chi connectivity index (χ0) is 28.1. The maximum Gasteiger partial charge on any atom is 0.306 e. The predicted molar refractivity (Wildman–Crippen MR) is 146 cm³/mol. The monoisotopic (exact) mass is 532 g/mol. The molecule has 6 atom stereocenters. The molecule has 3 aliphatic rings. The lowest BCUT2D eigenvalue weighted by Crippen LogP contribution is -2.39. The van der Waals surface area contributed by atoms with Gasteiger partial charge in [-0.1, -0.05) is 31.2 Å². The number of ether oxygens (including phenoxy) is 2. The van der Waals surface area contributed by atoms with Crippen molar-refractivity contribution in [3.05, 3.63) is 35.5 Å². The molecule has 0 amide bonds. The second-order valence-electron chi connectivity index (χ2n) is 12.5. The number of aliphatic hydroxyl groups excluding tert-OH is 1. The molecule has 0 aliphatic heterocycles. The van der Waals surface area contributed by atoms with Crippen LogP contribution in [0.25, 0.3) is 0 Å². The van der Waals surface area contributed by atoms with Crippen molar-refractivity contribution in [3.8, 4) is 0 Å². The maximum atomic E-state index is 12.2. The van der Waals surface area contributed by atoms with Crippen LogP contribution >= 0.6 is 0 Å². The Morgan fingerprint density at radius 2 is 1.97 bits per heavy atom. The summed E-state index contributed by atoms with van der Waals surface area (Å²) in [5, 5.41) is 29.4. The molecule has 3 N–H and O–H groups in total. The maximum absolute atomic E-state index is 12.2. The minimum atomic E-state index is -0.930. The SMILES string of the molecule is C=C1/C(=C/C=C2\CCC[C@]3(C)[C@@H]([C@H](C)OCCC(C)(C)O)CC[C@@H]23)C[C@@H](OC(=O)CCCC(=O)O)C[C@@H]1O. The van der Waals surface area contributed by atoms with Crippen molar-refractivity contribution < 1.29 is 34.4 Å². The third kappa shape index (κ3) is 8.03. The van der Waals surface area contributed by atoms with Gasteiger partial charge in [-0.3, -0.25) is 9.59 Å².